The molecular weight excluding hydrogens is 306 g/mol. The lowest BCUT2D eigenvalue weighted by Gasteiger charge is -2.20. The summed E-state index contributed by atoms with van der Waals surface area (Å²) in [6.45, 7) is 6.78. The van der Waals surface area contributed by atoms with Crippen molar-refractivity contribution in [3.8, 4) is 17.2 Å². The van der Waals surface area contributed by atoms with E-state index < -0.39 is 6.10 Å². The SMILES string of the molecule is Cc1cc(C)cc(O[C@H](C)C(=O)Nc2ccc3c(c2)OCCO3)c1. The zero-order chi connectivity index (χ0) is 17.1. The van der Waals surface area contributed by atoms with Gasteiger partial charge in [-0.2, -0.15) is 0 Å². The third kappa shape index (κ3) is 3.79. The molecule has 0 unspecified atom stereocenters. The lowest BCUT2D eigenvalue weighted by Crippen LogP contribution is -2.30. The molecule has 3 rings (SSSR count). The second-order valence-electron chi connectivity index (χ2n) is 5.93. The van der Waals surface area contributed by atoms with Crippen LogP contribution >= 0.6 is 0 Å². The minimum Gasteiger partial charge on any atom is -0.486 e. The van der Waals surface area contributed by atoms with Crippen LogP contribution in [-0.4, -0.2) is 25.2 Å². The molecule has 1 aliphatic rings. The minimum absolute atomic E-state index is 0.217. The standard InChI is InChI=1S/C19H21NO4/c1-12-8-13(2)10-16(9-12)24-14(3)19(21)20-15-4-5-17-18(11-15)23-7-6-22-17/h4-5,8-11,14H,6-7H2,1-3H3,(H,20,21)/t14-/m1/s1. The Bertz CT molecular complexity index is 737. The quantitative estimate of drug-likeness (QED) is 0.934. The maximum absolute atomic E-state index is 12.3. The van der Waals surface area contributed by atoms with Crippen LogP contribution in [0, 0.1) is 13.8 Å². The molecule has 5 heteroatoms. The molecule has 1 amide bonds. The molecule has 24 heavy (non-hydrogen) atoms. The van der Waals surface area contributed by atoms with E-state index in [4.69, 9.17) is 14.2 Å². The Morgan fingerprint density at radius 2 is 1.71 bits per heavy atom. The number of rotatable bonds is 4. The molecule has 2 aromatic rings. The number of benzene rings is 2. The molecule has 0 aromatic heterocycles. The number of aryl methyl sites for hydroxylation is 2. The van der Waals surface area contributed by atoms with Crippen LogP contribution < -0.4 is 19.5 Å². The number of ether oxygens (including phenoxy) is 3. The van der Waals surface area contributed by atoms with Gasteiger partial charge in [0.2, 0.25) is 0 Å². The average molecular weight is 327 g/mol. The summed E-state index contributed by atoms with van der Waals surface area (Å²) in [5, 5.41) is 2.84. The fourth-order valence-corrected chi connectivity index (χ4v) is 2.62. The van der Waals surface area contributed by atoms with Gasteiger partial charge >= 0.3 is 0 Å². The van der Waals surface area contributed by atoms with Crippen LogP contribution in [0.25, 0.3) is 0 Å². The molecule has 1 atom stereocenters. The van der Waals surface area contributed by atoms with E-state index in [2.05, 4.69) is 11.4 Å². The smallest absolute Gasteiger partial charge is 0.265 e. The first-order valence-corrected chi connectivity index (χ1v) is 7.97. The van der Waals surface area contributed by atoms with Crippen LogP contribution in [0.5, 0.6) is 17.2 Å². The van der Waals surface area contributed by atoms with E-state index >= 15 is 0 Å². The molecule has 0 saturated carbocycles. The van der Waals surface area contributed by atoms with Gasteiger partial charge in [0.05, 0.1) is 0 Å². The third-order valence-corrected chi connectivity index (χ3v) is 3.69. The summed E-state index contributed by atoms with van der Waals surface area (Å²) in [5.74, 6) is 1.81. The van der Waals surface area contributed by atoms with Crippen LogP contribution in [0.4, 0.5) is 5.69 Å². The van der Waals surface area contributed by atoms with Gasteiger partial charge in [-0.15, -0.1) is 0 Å². The average Bonchev–Trinajstić information content (AvgIpc) is 2.53. The summed E-state index contributed by atoms with van der Waals surface area (Å²) in [6, 6.07) is 11.2. The van der Waals surface area contributed by atoms with Crippen LogP contribution in [0.15, 0.2) is 36.4 Å². The molecule has 0 saturated heterocycles. The van der Waals surface area contributed by atoms with E-state index in [1.807, 2.05) is 26.0 Å². The van der Waals surface area contributed by atoms with Gasteiger partial charge < -0.3 is 19.5 Å². The van der Waals surface area contributed by atoms with Gasteiger partial charge in [0.25, 0.3) is 5.91 Å². The van der Waals surface area contributed by atoms with Crippen LogP contribution in [0.3, 0.4) is 0 Å². The fourth-order valence-electron chi connectivity index (χ4n) is 2.62. The molecule has 1 aliphatic heterocycles. The van der Waals surface area contributed by atoms with Crippen LogP contribution in [0.1, 0.15) is 18.1 Å². The third-order valence-electron chi connectivity index (χ3n) is 3.69. The van der Waals surface area contributed by atoms with E-state index in [9.17, 15) is 4.79 Å². The van der Waals surface area contributed by atoms with Crippen molar-refractivity contribution < 1.29 is 19.0 Å². The largest absolute Gasteiger partial charge is 0.486 e. The summed E-state index contributed by atoms with van der Waals surface area (Å²) >= 11 is 0. The van der Waals surface area contributed by atoms with E-state index in [0.717, 1.165) is 11.1 Å². The van der Waals surface area contributed by atoms with Crippen LogP contribution in [0.2, 0.25) is 0 Å². The Hall–Kier alpha value is -2.69. The monoisotopic (exact) mass is 327 g/mol. The summed E-state index contributed by atoms with van der Waals surface area (Å²) in [6.07, 6.45) is -0.612. The number of hydrogen-bond donors (Lipinski definition) is 1. The van der Waals surface area contributed by atoms with Crippen molar-refractivity contribution in [3.05, 3.63) is 47.5 Å². The van der Waals surface area contributed by atoms with Gasteiger partial charge in [-0.25, -0.2) is 0 Å². The number of fused-ring (bicyclic) bond motifs is 1. The number of carbonyl (C=O) groups is 1. The molecule has 0 spiro atoms. The highest BCUT2D eigenvalue weighted by Crippen LogP contribution is 2.32. The van der Waals surface area contributed by atoms with E-state index in [1.165, 1.54) is 0 Å². The maximum Gasteiger partial charge on any atom is 0.265 e. The van der Waals surface area contributed by atoms with Crippen molar-refractivity contribution >= 4 is 11.6 Å². The number of hydrogen-bond acceptors (Lipinski definition) is 4. The highest BCUT2D eigenvalue weighted by Gasteiger charge is 2.17. The second kappa shape index (κ2) is 6.83. The Labute approximate surface area is 141 Å². The normalized spacial score (nSPS) is 14.0. The van der Waals surface area contributed by atoms with Gasteiger partial charge in [-0.1, -0.05) is 6.07 Å². The molecule has 0 aliphatic carbocycles. The van der Waals surface area contributed by atoms with E-state index in [0.29, 0.717) is 36.1 Å². The lowest BCUT2D eigenvalue weighted by molar-refractivity contribution is -0.122. The van der Waals surface area contributed by atoms with Gasteiger partial charge in [0.1, 0.15) is 19.0 Å². The topological polar surface area (TPSA) is 56.8 Å². The first-order chi connectivity index (χ1) is 11.5. The molecule has 126 valence electrons. The summed E-state index contributed by atoms with van der Waals surface area (Å²) in [4.78, 5) is 12.3. The Balaban J connectivity index is 1.65. The molecule has 1 heterocycles. The molecule has 0 radical (unpaired) electrons. The highest BCUT2D eigenvalue weighted by atomic mass is 16.6. The Morgan fingerprint density at radius 3 is 2.42 bits per heavy atom. The van der Waals surface area contributed by atoms with Crippen molar-refractivity contribution in [2.75, 3.05) is 18.5 Å². The molecule has 2 aromatic carbocycles. The van der Waals surface area contributed by atoms with Gasteiger partial charge in [-0.05, 0) is 56.2 Å². The first-order valence-electron chi connectivity index (χ1n) is 7.97. The van der Waals surface area contributed by atoms with E-state index in [-0.39, 0.29) is 5.91 Å². The lowest BCUT2D eigenvalue weighted by atomic mass is 10.1. The van der Waals surface area contributed by atoms with Crippen molar-refractivity contribution in [3.63, 3.8) is 0 Å². The van der Waals surface area contributed by atoms with Crippen LogP contribution in [-0.2, 0) is 4.79 Å². The molecule has 5 nitrogen and oxygen atoms in total. The van der Waals surface area contributed by atoms with Crippen molar-refractivity contribution in [1.29, 1.82) is 0 Å². The Morgan fingerprint density at radius 1 is 1.04 bits per heavy atom. The predicted octanol–water partition coefficient (Wildman–Crippen LogP) is 3.48. The van der Waals surface area contributed by atoms with Gasteiger partial charge in [0, 0.05) is 11.8 Å². The fraction of sp³-hybridized carbons (Fsp3) is 0.316. The zero-order valence-electron chi connectivity index (χ0n) is 14.1. The number of anilines is 1. The minimum atomic E-state index is -0.612. The zero-order valence-corrected chi connectivity index (χ0v) is 14.1. The molecular formula is C19H21NO4. The van der Waals surface area contributed by atoms with Gasteiger partial charge in [-0.3, -0.25) is 4.79 Å². The molecule has 0 fully saturated rings. The van der Waals surface area contributed by atoms with Crippen molar-refractivity contribution in [2.45, 2.75) is 26.9 Å². The summed E-state index contributed by atoms with van der Waals surface area (Å²) in [7, 11) is 0. The number of carbonyl (C=O) groups excluding carboxylic acids is 1. The molecule has 1 N–H and O–H groups in total. The van der Waals surface area contributed by atoms with E-state index in [1.54, 1.807) is 25.1 Å². The maximum atomic E-state index is 12.3. The Kier molecular flexibility index (Phi) is 4.60. The summed E-state index contributed by atoms with van der Waals surface area (Å²) < 4.78 is 16.7. The second-order valence-corrected chi connectivity index (χ2v) is 5.93. The number of nitrogens with one attached hydrogen (secondary N) is 1. The first kappa shape index (κ1) is 16.2. The summed E-state index contributed by atoms with van der Waals surface area (Å²) in [5.41, 5.74) is 2.86. The number of amides is 1. The van der Waals surface area contributed by atoms with Crippen molar-refractivity contribution in [1.82, 2.24) is 0 Å². The highest BCUT2D eigenvalue weighted by molar-refractivity contribution is 5.94. The predicted molar refractivity (Wildman–Crippen MR) is 92.1 cm³/mol. The molecule has 0 bridgehead atoms. The van der Waals surface area contributed by atoms with Crippen molar-refractivity contribution in [2.24, 2.45) is 0 Å². The van der Waals surface area contributed by atoms with Gasteiger partial charge in [0.15, 0.2) is 17.6 Å².